The molecular formula is C11H22N4. The number of nitrogens with two attached hydrogens (primary N) is 1. The molecule has 0 saturated heterocycles. The second kappa shape index (κ2) is 5.88. The monoisotopic (exact) mass is 210 g/mol. The molecule has 2 atom stereocenters. The SMILES string of the molecule is CCCC(C)C(Cc1cnn(C)c1)NN. The van der Waals surface area contributed by atoms with Crippen LogP contribution in [0.15, 0.2) is 12.4 Å². The number of hydrazine groups is 1. The van der Waals surface area contributed by atoms with Crippen molar-refractivity contribution in [3.8, 4) is 0 Å². The lowest BCUT2D eigenvalue weighted by Crippen LogP contribution is -2.41. The van der Waals surface area contributed by atoms with Gasteiger partial charge < -0.3 is 0 Å². The molecule has 1 rings (SSSR count). The van der Waals surface area contributed by atoms with Crippen molar-refractivity contribution in [1.29, 1.82) is 0 Å². The first-order chi connectivity index (χ1) is 7.17. The van der Waals surface area contributed by atoms with E-state index in [0.717, 1.165) is 6.42 Å². The van der Waals surface area contributed by atoms with Crippen molar-refractivity contribution in [3.63, 3.8) is 0 Å². The van der Waals surface area contributed by atoms with Crippen molar-refractivity contribution < 1.29 is 0 Å². The predicted octanol–water partition coefficient (Wildman–Crippen LogP) is 1.23. The highest BCUT2D eigenvalue weighted by Crippen LogP contribution is 2.14. The Morgan fingerprint density at radius 2 is 2.33 bits per heavy atom. The molecule has 4 nitrogen and oxygen atoms in total. The summed E-state index contributed by atoms with van der Waals surface area (Å²) in [6.45, 7) is 4.44. The molecule has 0 aromatic carbocycles. The van der Waals surface area contributed by atoms with Gasteiger partial charge in [0.25, 0.3) is 0 Å². The van der Waals surface area contributed by atoms with Gasteiger partial charge >= 0.3 is 0 Å². The Bertz CT molecular complexity index is 282. The molecule has 0 bridgehead atoms. The van der Waals surface area contributed by atoms with Crippen LogP contribution in [0, 0.1) is 5.92 Å². The number of nitrogens with one attached hydrogen (secondary N) is 1. The van der Waals surface area contributed by atoms with Crippen molar-refractivity contribution in [1.82, 2.24) is 15.2 Å². The van der Waals surface area contributed by atoms with Gasteiger partial charge in [-0.05, 0) is 24.3 Å². The van der Waals surface area contributed by atoms with Gasteiger partial charge in [0, 0.05) is 19.3 Å². The summed E-state index contributed by atoms with van der Waals surface area (Å²) in [5.41, 5.74) is 4.15. The van der Waals surface area contributed by atoms with Crippen LogP contribution in [0.4, 0.5) is 0 Å². The summed E-state index contributed by atoms with van der Waals surface area (Å²) in [4.78, 5) is 0. The van der Waals surface area contributed by atoms with Crippen LogP contribution in [0.25, 0.3) is 0 Å². The maximum atomic E-state index is 5.58. The minimum absolute atomic E-state index is 0.342. The summed E-state index contributed by atoms with van der Waals surface area (Å²) in [6.07, 6.45) is 7.30. The number of aromatic nitrogens is 2. The van der Waals surface area contributed by atoms with Crippen molar-refractivity contribution in [2.24, 2.45) is 18.8 Å². The first kappa shape index (κ1) is 12.2. The Kier molecular flexibility index (Phi) is 4.78. The zero-order chi connectivity index (χ0) is 11.3. The van der Waals surface area contributed by atoms with E-state index in [0.29, 0.717) is 12.0 Å². The van der Waals surface area contributed by atoms with Crippen molar-refractivity contribution in [3.05, 3.63) is 18.0 Å². The van der Waals surface area contributed by atoms with E-state index in [9.17, 15) is 0 Å². The van der Waals surface area contributed by atoms with E-state index in [1.54, 1.807) is 0 Å². The van der Waals surface area contributed by atoms with E-state index < -0.39 is 0 Å². The van der Waals surface area contributed by atoms with Crippen molar-refractivity contribution in [2.75, 3.05) is 0 Å². The number of rotatable bonds is 6. The fourth-order valence-corrected chi connectivity index (χ4v) is 1.91. The van der Waals surface area contributed by atoms with Gasteiger partial charge in [0.1, 0.15) is 0 Å². The second-order valence-corrected chi connectivity index (χ2v) is 4.27. The van der Waals surface area contributed by atoms with E-state index in [1.807, 2.05) is 24.1 Å². The molecule has 86 valence electrons. The molecule has 0 aliphatic carbocycles. The lowest BCUT2D eigenvalue weighted by Gasteiger charge is -2.22. The van der Waals surface area contributed by atoms with Gasteiger partial charge in [0.05, 0.1) is 6.20 Å². The van der Waals surface area contributed by atoms with Crippen molar-refractivity contribution >= 4 is 0 Å². The summed E-state index contributed by atoms with van der Waals surface area (Å²) >= 11 is 0. The highest BCUT2D eigenvalue weighted by molar-refractivity contribution is 5.06. The first-order valence-electron chi connectivity index (χ1n) is 5.61. The van der Waals surface area contributed by atoms with Crippen LogP contribution in [-0.4, -0.2) is 15.8 Å². The smallest absolute Gasteiger partial charge is 0.0522 e. The van der Waals surface area contributed by atoms with Crippen LogP contribution in [0.1, 0.15) is 32.3 Å². The van der Waals surface area contributed by atoms with Gasteiger partial charge in [-0.15, -0.1) is 0 Å². The molecule has 0 spiro atoms. The average Bonchev–Trinajstić information content (AvgIpc) is 2.61. The zero-order valence-electron chi connectivity index (χ0n) is 9.90. The number of hydrogen-bond donors (Lipinski definition) is 2. The molecule has 0 radical (unpaired) electrons. The fourth-order valence-electron chi connectivity index (χ4n) is 1.91. The summed E-state index contributed by atoms with van der Waals surface area (Å²) in [7, 11) is 1.93. The zero-order valence-corrected chi connectivity index (χ0v) is 9.90. The molecule has 3 N–H and O–H groups in total. The summed E-state index contributed by atoms with van der Waals surface area (Å²) < 4.78 is 1.83. The number of aryl methyl sites for hydroxylation is 1. The van der Waals surface area contributed by atoms with Gasteiger partial charge in [-0.2, -0.15) is 5.10 Å². The normalized spacial score (nSPS) is 15.2. The van der Waals surface area contributed by atoms with Crippen LogP contribution in [-0.2, 0) is 13.5 Å². The Balaban J connectivity index is 2.53. The van der Waals surface area contributed by atoms with Gasteiger partial charge in [0.2, 0.25) is 0 Å². The maximum absolute atomic E-state index is 5.58. The van der Waals surface area contributed by atoms with Crippen LogP contribution >= 0.6 is 0 Å². The lowest BCUT2D eigenvalue weighted by molar-refractivity contribution is 0.357. The summed E-state index contributed by atoms with van der Waals surface area (Å²) in [5.74, 6) is 6.18. The molecule has 2 unspecified atom stereocenters. The molecule has 0 amide bonds. The third kappa shape index (κ3) is 3.64. The number of nitrogens with zero attached hydrogens (tertiary/aromatic N) is 2. The third-order valence-electron chi connectivity index (χ3n) is 2.86. The van der Waals surface area contributed by atoms with E-state index in [4.69, 9.17) is 5.84 Å². The Morgan fingerprint density at radius 3 is 2.80 bits per heavy atom. The average molecular weight is 210 g/mol. The highest BCUT2D eigenvalue weighted by Gasteiger charge is 2.16. The molecule has 0 fully saturated rings. The molecule has 0 saturated carbocycles. The van der Waals surface area contributed by atoms with Crippen molar-refractivity contribution in [2.45, 2.75) is 39.2 Å². The first-order valence-corrected chi connectivity index (χ1v) is 5.61. The van der Waals surface area contributed by atoms with Gasteiger partial charge in [0.15, 0.2) is 0 Å². The fraction of sp³-hybridized carbons (Fsp3) is 0.727. The number of hydrogen-bond acceptors (Lipinski definition) is 3. The molecule has 1 aromatic rings. The van der Waals surface area contributed by atoms with Gasteiger partial charge in [-0.1, -0.05) is 20.3 Å². The van der Waals surface area contributed by atoms with Crippen LogP contribution < -0.4 is 11.3 Å². The predicted molar refractivity (Wildman–Crippen MR) is 62.1 cm³/mol. The maximum Gasteiger partial charge on any atom is 0.0522 e. The largest absolute Gasteiger partial charge is 0.276 e. The molecule has 15 heavy (non-hydrogen) atoms. The molecule has 4 heteroatoms. The van der Waals surface area contributed by atoms with Gasteiger partial charge in [-0.25, -0.2) is 0 Å². The highest BCUT2D eigenvalue weighted by atomic mass is 15.2. The second-order valence-electron chi connectivity index (χ2n) is 4.27. The minimum Gasteiger partial charge on any atom is -0.276 e. The third-order valence-corrected chi connectivity index (χ3v) is 2.86. The summed E-state index contributed by atoms with van der Waals surface area (Å²) in [6, 6.07) is 0.342. The molecule has 0 aliphatic heterocycles. The van der Waals surface area contributed by atoms with E-state index in [-0.39, 0.29) is 0 Å². The molecule has 1 heterocycles. The molecular weight excluding hydrogens is 188 g/mol. The van der Waals surface area contributed by atoms with E-state index in [2.05, 4.69) is 24.4 Å². The molecule has 1 aromatic heterocycles. The van der Waals surface area contributed by atoms with Gasteiger partial charge in [-0.3, -0.25) is 16.0 Å². The van der Waals surface area contributed by atoms with Crippen LogP contribution in [0.5, 0.6) is 0 Å². The Hall–Kier alpha value is -0.870. The minimum atomic E-state index is 0.342. The standard InChI is InChI=1S/C11H22N4/c1-4-5-9(2)11(14-12)6-10-7-13-15(3)8-10/h7-9,11,14H,4-6,12H2,1-3H3. The lowest BCUT2D eigenvalue weighted by atomic mass is 9.93. The summed E-state index contributed by atoms with van der Waals surface area (Å²) in [5, 5.41) is 4.16. The van der Waals surface area contributed by atoms with E-state index in [1.165, 1.54) is 18.4 Å². The molecule has 0 aliphatic rings. The van der Waals surface area contributed by atoms with Crippen LogP contribution in [0.3, 0.4) is 0 Å². The van der Waals surface area contributed by atoms with Crippen LogP contribution in [0.2, 0.25) is 0 Å². The quantitative estimate of drug-likeness (QED) is 0.548. The van der Waals surface area contributed by atoms with E-state index >= 15 is 0 Å². The topological polar surface area (TPSA) is 55.9 Å². The Morgan fingerprint density at radius 1 is 1.60 bits per heavy atom. The Labute approximate surface area is 91.8 Å².